The Morgan fingerprint density at radius 1 is 1.11 bits per heavy atom. The predicted octanol–water partition coefficient (Wildman–Crippen LogP) is 3.94. The highest BCUT2D eigenvalue weighted by atomic mass is 79.9. The molecule has 37 heavy (non-hydrogen) atoms. The monoisotopic (exact) mass is 577 g/mol. The maximum atomic E-state index is 12.9. The average molecular weight is 578 g/mol. The summed E-state index contributed by atoms with van der Waals surface area (Å²) in [4.78, 5) is 34.2. The van der Waals surface area contributed by atoms with Crippen LogP contribution < -0.4 is 24.9 Å². The lowest BCUT2D eigenvalue weighted by Crippen LogP contribution is -2.23. The first-order chi connectivity index (χ1) is 18.0. The first-order valence-electron chi connectivity index (χ1n) is 11.3. The van der Waals surface area contributed by atoms with Gasteiger partial charge in [0.1, 0.15) is 0 Å². The van der Waals surface area contributed by atoms with Gasteiger partial charge in [-0.3, -0.25) is 14.6 Å². The van der Waals surface area contributed by atoms with E-state index in [2.05, 4.69) is 36.3 Å². The number of thiazole rings is 1. The first-order valence-corrected chi connectivity index (χ1v) is 12.9. The molecule has 0 fully saturated rings. The Hall–Kier alpha value is -4.09. The summed E-state index contributed by atoms with van der Waals surface area (Å²) in [6, 6.07) is 16.2. The summed E-state index contributed by atoms with van der Waals surface area (Å²) in [5.41, 5.74) is 1.94. The molecule has 3 aromatic heterocycles. The minimum Gasteiger partial charge on any atom is -0.490 e. The maximum absolute atomic E-state index is 12.9. The van der Waals surface area contributed by atoms with Gasteiger partial charge in [0.25, 0.3) is 11.5 Å². The quantitative estimate of drug-likeness (QED) is 0.297. The molecule has 0 radical (unpaired) electrons. The number of amides is 1. The van der Waals surface area contributed by atoms with Crippen molar-refractivity contribution in [2.75, 3.05) is 18.5 Å². The smallest absolute Gasteiger partial charge is 0.291 e. The van der Waals surface area contributed by atoms with E-state index in [1.165, 1.54) is 15.9 Å². The summed E-state index contributed by atoms with van der Waals surface area (Å²) < 4.78 is 14.1. The number of hydrogen-bond acceptors (Lipinski definition) is 8. The van der Waals surface area contributed by atoms with Crippen molar-refractivity contribution in [2.45, 2.75) is 6.92 Å². The normalized spacial score (nSPS) is 11.6. The van der Waals surface area contributed by atoms with Crippen LogP contribution >= 0.6 is 27.3 Å². The molecule has 5 rings (SSSR count). The van der Waals surface area contributed by atoms with Crippen LogP contribution in [0.2, 0.25) is 0 Å². The molecular weight excluding hydrogens is 558 g/mol. The van der Waals surface area contributed by atoms with Crippen molar-refractivity contribution in [3.63, 3.8) is 0 Å². The van der Waals surface area contributed by atoms with Gasteiger partial charge in [-0.15, -0.1) is 5.10 Å². The van der Waals surface area contributed by atoms with E-state index in [0.29, 0.717) is 39.1 Å². The summed E-state index contributed by atoms with van der Waals surface area (Å²) in [5.74, 6) is 1.07. The van der Waals surface area contributed by atoms with E-state index in [-0.39, 0.29) is 18.1 Å². The summed E-state index contributed by atoms with van der Waals surface area (Å²) >= 11 is 4.63. The minimum absolute atomic E-state index is 0.187. The van der Waals surface area contributed by atoms with E-state index >= 15 is 0 Å². The third-order valence-corrected chi connectivity index (χ3v) is 6.61. The van der Waals surface area contributed by atoms with Crippen LogP contribution in [0.15, 0.2) is 76.3 Å². The number of anilines is 1. The molecule has 1 amide bonds. The van der Waals surface area contributed by atoms with Crippen molar-refractivity contribution in [1.29, 1.82) is 0 Å². The first kappa shape index (κ1) is 24.6. The average Bonchev–Trinajstić information content (AvgIpc) is 3.43. The predicted molar refractivity (Wildman–Crippen MR) is 145 cm³/mol. The lowest BCUT2D eigenvalue weighted by Gasteiger charge is -2.13. The molecule has 0 atom stereocenters. The van der Waals surface area contributed by atoms with Gasteiger partial charge in [-0.2, -0.15) is 9.50 Å². The molecule has 0 unspecified atom stereocenters. The fourth-order valence-electron chi connectivity index (χ4n) is 3.52. The van der Waals surface area contributed by atoms with Gasteiger partial charge in [0.2, 0.25) is 4.96 Å². The van der Waals surface area contributed by atoms with Crippen LogP contribution in [-0.2, 0) is 4.79 Å². The lowest BCUT2D eigenvalue weighted by molar-refractivity contribution is -0.118. The molecular formula is C26H20BrN5O4S. The second kappa shape index (κ2) is 10.9. The van der Waals surface area contributed by atoms with Gasteiger partial charge in [-0.25, -0.2) is 0 Å². The summed E-state index contributed by atoms with van der Waals surface area (Å²) in [5, 5.41) is 7.14. The summed E-state index contributed by atoms with van der Waals surface area (Å²) in [7, 11) is 0. The van der Waals surface area contributed by atoms with Crippen molar-refractivity contribution in [2.24, 2.45) is 0 Å². The number of nitrogens with one attached hydrogen (secondary N) is 1. The Bertz CT molecular complexity index is 1690. The molecule has 186 valence electrons. The number of fused-ring (bicyclic) bond motifs is 1. The van der Waals surface area contributed by atoms with Crippen molar-refractivity contribution in [3.05, 3.63) is 91.9 Å². The summed E-state index contributed by atoms with van der Waals surface area (Å²) in [6.07, 6.45) is 5.06. The largest absolute Gasteiger partial charge is 0.490 e. The van der Waals surface area contributed by atoms with Gasteiger partial charge in [0.05, 0.1) is 11.1 Å². The molecule has 0 saturated carbocycles. The zero-order valence-electron chi connectivity index (χ0n) is 19.6. The fraction of sp³-hybridized carbons (Fsp3) is 0.115. The van der Waals surface area contributed by atoms with Crippen LogP contribution in [0, 0.1) is 0 Å². The number of carbonyl (C=O) groups excluding carboxylic acids is 1. The van der Waals surface area contributed by atoms with Crippen LogP contribution in [0.5, 0.6) is 11.5 Å². The van der Waals surface area contributed by atoms with Crippen LogP contribution in [0.25, 0.3) is 22.4 Å². The number of rotatable bonds is 8. The zero-order chi connectivity index (χ0) is 25.8. The van der Waals surface area contributed by atoms with E-state index in [9.17, 15) is 9.59 Å². The Balaban J connectivity index is 1.35. The van der Waals surface area contributed by atoms with Crippen LogP contribution in [0.4, 0.5) is 5.69 Å². The molecule has 9 nitrogen and oxygen atoms in total. The van der Waals surface area contributed by atoms with Crippen LogP contribution in [-0.4, -0.2) is 38.7 Å². The van der Waals surface area contributed by atoms with Gasteiger partial charge in [-0.1, -0.05) is 39.4 Å². The molecule has 0 saturated heterocycles. The molecule has 0 spiro atoms. The molecule has 0 aliphatic rings. The highest BCUT2D eigenvalue weighted by molar-refractivity contribution is 9.10. The number of halogens is 1. The Morgan fingerprint density at radius 3 is 2.70 bits per heavy atom. The molecule has 1 N–H and O–H groups in total. The molecule has 3 heterocycles. The third kappa shape index (κ3) is 5.68. The standard InChI is InChI=1S/C26H20BrN5O4S/c1-2-35-21-12-16(6-7-20(21)36-15-23(33)29-19-5-3-4-18(27)14-19)13-22-25(34)32-26(37-22)30-24(31-32)17-8-10-28-11-9-17/h3-14H,2,15H2,1H3,(H,29,33)/b22-13-. The number of aromatic nitrogens is 4. The second-order valence-corrected chi connectivity index (χ2v) is 9.69. The summed E-state index contributed by atoms with van der Waals surface area (Å²) in [6.45, 7) is 2.08. The number of ether oxygens (including phenoxy) is 2. The lowest BCUT2D eigenvalue weighted by atomic mass is 10.2. The van der Waals surface area contributed by atoms with E-state index < -0.39 is 0 Å². The minimum atomic E-state index is -0.298. The Labute approximate surface area is 223 Å². The number of carbonyl (C=O) groups is 1. The maximum Gasteiger partial charge on any atom is 0.291 e. The van der Waals surface area contributed by atoms with E-state index in [1.54, 1.807) is 60.9 Å². The van der Waals surface area contributed by atoms with E-state index in [1.807, 2.05) is 19.1 Å². The number of pyridine rings is 1. The van der Waals surface area contributed by atoms with Gasteiger partial charge >= 0.3 is 0 Å². The van der Waals surface area contributed by atoms with Gasteiger partial charge < -0.3 is 14.8 Å². The van der Waals surface area contributed by atoms with Crippen molar-refractivity contribution < 1.29 is 14.3 Å². The Morgan fingerprint density at radius 2 is 1.95 bits per heavy atom. The molecule has 0 aliphatic heterocycles. The van der Waals surface area contributed by atoms with Crippen molar-refractivity contribution in [3.8, 4) is 22.9 Å². The van der Waals surface area contributed by atoms with Crippen molar-refractivity contribution >= 4 is 49.9 Å². The van der Waals surface area contributed by atoms with Crippen LogP contribution in [0.3, 0.4) is 0 Å². The number of nitrogens with zero attached hydrogens (tertiary/aromatic N) is 4. The van der Waals surface area contributed by atoms with E-state index in [4.69, 9.17) is 9.47 Å². The fourth-order valence-corrected chi connectivity index (χ4v) is 4.82. The van der Waals surface area contributed by atoms with Gasteiger partial charge in [0, 0.05) is 28.1 Å². The number of hydrogen-bond donors (Lipinski definition) is 1. The topological polar surface area (TPSA) is 108 Å². The van der Waals surface area contributed by atoms with Crippen molar-refractivity contribution in [1.82, 2.24) is 19.6 Å². The van der Waals surface area contributed by atoms with Gasteiger partial charge in [-0.05, 0) is 61.0 Å². The van der Waals surface area contributed by atoms with E-state index in [0.717, 1.165) is 15.6 Å². The second-order valence-electron chi connectivity index (χ2n) is 7.77. The Kier molecular flexibility index (Phi) is 7.24. The highest BCUT2D eigenvalue weighted by Gasteiger charge is 2.13. The number of benzene rings is 2. The molecule has 0 bridgehead atoms. The highest BCUT2D eigenvalue weighted by Crippen LogP contribution is 2.29. The molecule has 2 aromatic carbocycles. The van der Waals surface area contributed by atoms with Crippen LogP contribution in [0.1, 0.15) is 12.5 Å². The van der Waals surface area contributed by atoms with Gasteiger partial charge in [0.15, 0.2) is 23.9 Å². The molecule has 0 aliphatic carbocycles. The third-order valence-electron chi connectivity index (χ3n) is 5.15. The molecule has 5 aromatic rings. The SMILES string of the molecule is CCOc1cc(/C=c2\sc3nc(-c4ccncc4)nn3c2=O)ccc1OCC(=O)Nc1cccc(Br)c1. The molecule has 11 heteroatoms. The zero-order valence-corrected chi connectivity index (χ0v) is 22.0.